The zero-order valence-electron chi connectivity index (χ0n) is 16.8. The molecule has 3 heteroatoms. The summed E-state index contributed by atoms with van der Waals surface area (Å²) in [6.07, 6.45) is 3.67. The van der Waals surface area contributed by atoms with Gasteiger partial charge in [-0.2, -0.15) is 0 Å². The zero-order chi connectivity index (χ0) is 20.9. The summed E-state index contributed by atoms with van der Waals surface area (Å²) in [5.41, 5.74) is 7.12. The number of para-hydroxylation sites is 2. The van der Waals surface area contributed by atoms with Crippen molar-refractivity contribution in [3.8, 4) is 34.1 Å². The predicted molar refractivity (Wildman–Crippen MR) is 127 cm³/mol. The summed E-state index contributed by atoms with van der Waals surface area (Å²) in [7, 11) is 0. The number of hydrogen-bond acceptors (Lipinski definition) is 3. The van der Waals surface area contributed by atoms with E-state index in [-0.39, 0.29) is 0 Å². The maximum atomic E-state index is 6.40. The first-order valence-electron chi connectivity index (χ1n) is 10.2. The van der Waals surface area contributed by atoms with Crippen LogP contribution in [-0.4, -0.2) is 0 Å². The first kappa shape index (κ1) is 17.6. The van der Waals surface area contributed by atoms with Gasteiger partial charge < -0.3 is 9.47 Å². The molecule has 0 N–H and O–H groups in total. The van der Waals surface area contributed by atoms with Crippen molar-refractivity contribution in [2.24, 2.45) is 0 Å². The van der Waals surface area contributed by atoms with Crippen molar-refractivity contribution < 1.29 is 9.47 Å². The molecule has 0 aromatic heterocycles. The fourth-order valence-corrected chi connectivity index (χ4v) is 4.20. The van der Waals surface area contributed by atoms with E-state index in [0.717, 1.165) is 62.3 Å². The molecule has 0 spiro atoms. The second-order valence-electron chi connectivity index (χ2n) is 7.59. The number of nitrogens with zero attached hydrogens (tertiary/aromatic N) is 1. The van der Waals surface area contributed by atoms with E-state index in [1.165, 1.54) is 0 Å². The van der Waals surface area contributed by atoms with Gasteiger partial charge >= 0.3 is 0 Å². The molecule has 6 rings (SSSR count). The van der Waals surface area contributed by atoms with Crippen molar-refractivity contribution >= 4 is 29.2 Å². The molecule has 0 amide bonds. The third-order valence-electron chi connectivity index (χ3n) is 5.75. The number of hydrogen-bond donors (Lipinski definition) is 0. The number of anilines is 3. The molecule has 0 atom stereocenters. The number of benzene rings is 4. The van der Waals surface area contributed by atoms with E-state index < -0.39 is 0 Å². The Morgan fingerprint density at radius 1 is 0.581 bits per heavy atom. The lowest BCUT2D eigenvalue weighted by atomic mass is 9.99. The Morgan fingerprint density at radius 2 is 1.23 bits per heavy atom. The van der Waals surface area contributed by atoms with E-state index in [0.29, 0.717) is 0 Å². The topological polar surface area (TPSA) is 21.7 Å². The van der Waals surface area contributed by atoms with Gasteiger partial charge in [0.25, 0.3) is 0 Å². The van der Waals surface area contributed by atoms with Crippen LogP contribution in [0.3, 0.4) is 0 Å². The molecule has 4 aromatic rings. The van der Waals surface area contributed by atoms with E-state index in [1.807, 2.05) is 42.5 Å². The Labute approximate surface area is 181 Å². The van der Waals surface area contributed by atoms with Crippen molar-refractivity contribution in [2.75, 3.05) is 4.90 Å². The molecule has 31 heavy (non-hydrogen) atoms. The Morgan fingerprint density at radius 3 is 1.97 bits per heavy atom. The lowest BCUT2D eigenvalue weighted by molar-refractivity contribution is 0.446. The Kier molecular flexibility index (Phi) is 3.77. The van der Waals surface area contributed by atoms with Crippen LogP contribution >= 0.6 is 0 Å². The summed E-state index contributed by atoms with van der Waals surface area (Å²) in [6, 6.07) is 26.7. The van der Waals surface area contributed by atoms with Crippen LogP contribution < -0.4 is 14.4 Å². The van der Waals surface area contributed by atoms with E-state index in [4.69, 9.17) is 9.47 Å². The van der Waals surface area contributed by atoms with Crippen molar-refractivity contribution in [1.29, 1.82) is 0 Å². The summed E-state index contributed by atoms with van der Waals surface area (Å²) in [5, 5.41) is 0. The molecule has 3 nitrogen and oxygen atoms in total. The van der Waals surface area contributed by atoms with Crippen molar-refractivity contribution in [2.45, 2.75) is 0 Å². The summed E-state index contributed by atoms with van der Waals surface area (Å²) in [5.74, 6) is 3.16. The molecule has 0 saturated heterocycles. The fraction of sp³-hybridized carbons (Fsp3) is 0. The van der Waals surface area contributed by atoms with Crippen LogP contribution in [0.1, 0.15) is 11.1 Å². The molecular weight excluding hydrogens is 382 g/mol. The number of fused-ring (bicyclic) bond motifs is 4. The standard InChI is InChI=1S/C28H19NO2/c1-3-18-9-12-20(13-10-18)21-16-26-28-27(17-21)31-25-15-19(4-2)11-14-23(25)29(28)22-7-5-6-8-24(22)30-26/h3-17H,1-2H2. The average Bonchev–Trinajstić information content (AvgIpc) is 2.83. The first-order chi connectivity index (χ1) is 15.2. The second-order valence-corrected chi connectivity index (χ2v) is 7.59. The van der Waals surface area contributed by atoms with Crippen LogP contribution in [0.5, 0.6) is 23.0 Å². The van der Waals surface area contributed by atoms with Gasteiger partial charge in [-0.3, -0.25) is 4.90 Å². The molecule has 148 valence electrons. The van der Waals surface area contributed by atoms with E-state index in [2.05, 4.69) is 66.6 Å². The molecule has 2 heterocycles. The highest BCUT2D eigenvalue weighted by atomic mass is 16.5. The SMILES string of the molecule is C=Cc1ccc(-c2cc3c4c(c2)Oc2cc(C=C)ccc2N4c2ccccc2O3)cc1. The second kappa shape index (κ2) is 6.64. The molecule has 0 bridgehead atoms. The van der Waals surface area contributed by atoms with Gasteiger partial charge in [0.2, 0.25) is 0 Å². The smallest absolute Gasteiger partial charge is 0.156 e. The van der Waals surface area contributed by atoms with Crippen LogP contribution in [0.4, 0.5) is 17.1 Å². The molecule has 4 aromatic carbocycles. The number of rotatable bonds is 3. The highest BCUT2D eigenvalue weighted by molar-refractivity contribution is 5.95. The summed E-state index contributed by atoms with van der Waals surface area (Å²) in [6.45, 7) is 7.73. The lowest BCUT2D eigenvalue weighted by Gasteiger charge is -2.38. The fourth-order valence-electron chi connectivity index (χ4n) is 4.20. The van der Waals surface area contributed by atoms with Crippen molar-refractivity contribution in [3.05, 3.63) is 103 Å². The van der Waals surface area contributed by atoms with Crippen LogP contribution in [0, 0.1) is 0 Å². The minimum atomic E-state index is 0.767. The van der Waals surface area contributed by atoms with Crippen molar-refractivity contribution in [1.82, 2.24) is 0 Å². The molecule has 0 unspecified atom stereocenters. The molecule has 2 aliphatic rings. The average molecular weight is 401 g/mol. The first-order valence-corrected chi connectivity index (χ1v) is 10.2. The third kappa shape index (κ3) is 2.67. The molecule has 2 aliphatic heterocycles. The van der Waals surface area contributed by atoms with Gasteiger partial charge in [-0.15, -0.1) is 0 Å². The predicted octanol–water partition coefficient (Wildman–Crippen LogP) is 8.32. The quantitative estimate of drug-likeness (QED) is 0.297. The highest BCUT2D eigenvalue weighted by Crippen LogP contribution is 2.60. The van der Waals surface area contributed by atoms with Gasteiger partial charge in [0.1, 0.15) is 5.69 Å². The van der Waals surface area contributed by atoms with Gasteiger partial charge in [0.15, 0.2) is 23.0 Å². The molecule has 0 aliphatic carbocycles. The largest absolute Gasteiger partial charge is 0.453 e. The third-order valence-corrected chi connectivity index (χ3v) is 5.75. The molecular formula is C28H19NO2. The molecule has 0 radical (unpaired) electrons. The highest BCUT2D eigenvalue weighted by Gasteiger charge is 2.35. The van der Waals surface area contributed by atoms with Crippen LogP contribution in [0.25, 0.3) is 23.3 Å². The van der Waals surface area contributed by atoms with Gasteiger partial charge in [0, 0.05) is 0 Å². The monoisotopic (exact) mass is 401 g/mol. The summed E-state index contributed by atoms with van der Waals surface area (Å²) in [4.78, 5) is 2.22. The van der Waals surface area contributed by atoms with Crippen LogP contribution in [0.15, 0.2) is 92.0 Å². The number of ether oxygens (including phenoxy) is 2. The maximum Gasteiger partial charge on any atom is 0.156 e. The van der Waals surface area contributed by atoms with Gasteiger partial charge in [-0.05, 0) is 58.7 Å². The Hall–Kier alpha value is -4.24. The Bertz CT molecular complexity index is 1370. The molecule has 0 saturated carbocycles. The minimum absolute atomic E-state index is 0.767. The summed E-state index contributed by atoms with van der Waals surface area (Å²) < 4.78 is 12.7. The van der Waals surface area contributed by atoms with Gasteiger partial charge in [0.05, 0.1) is 11.4 Å². The maximum absolute atomic E-state index is 6.40. The molecule has 0 fully saturated rings. The van der Waals surface area contributed by atoms with E-state index in [9.17, 15) is 0 Å². The van der Waals surface area contributed by atoms with Crippen LogP contribution in [0.2, 0.25) is 0 Å². The summed E-state index contributed by atoms with van der Waals surface area (Å²) >= 11 is 0. The van der Waals surface area contributed by atoms with E-state index >= 15 is 0 Å². The van der Waals surface area contributed by atoms with Crippen molar-refractivity contribution in [3.63, 3.8) is 0 Å². The van der Waals surface area contributed by atoms with Crippen LogP contribution in [-0.2, 0) is 0 Å². The van der Waals surface area contributed by atoms with E-state index in [1.54, 1.807) is 0 Å². The van der Waals surface area contributed by atoms with Gasteiger partial charge in [-0.1, -0.05) is 67.8 Å². The normalized spacial score (nSPS) is 12.6. The zero-order valence-corrected chi connectivity index (χ0v) is 16.8. The van der Waals surface area contributed by atoms with Gasteiger partial charge in [-0.25, -0.2) is 0 Å². The Balaban J connectivity index is 1.58. The lowest BCUT2D eigenvalue weighted by Crippen LogP contribution is -2.20. The minimum Gasteiger partial charge on any atom is -0.453 e.